The summed E-state index contributed by atoms with van der Waals surface area (Å²) in [5.41, 5.74) is 2.08. The Balaban J connectivity index is 1.68. The summed E-state index contributed by atoms with van der Waals surface area (Å²) in [4.78, 5) is 6.36. The molecule has 0 saturated carbocycles. The molecule has 1 aromatic carbocycles. The van der Waals surface area contributed by atoms with Crippen molar-refractivity contribution in [3.8, 4) is 11.4 Å². The van der Waals surface area contributed by atoms with Crippen molar-refractivity contribution >= 4 is 9.84 Å². The van der Waals surface area contributed by atoms with Crippen molar-refractivity contribution in [2.75, 3.05) is 18.6 Å². The lowest BCUT2D eigenvalue weighted by Gasteiger charge is -2.20. The Labute approximate surface area is 130 Å². The van der Waals surface area contributed by atoms with Crippen LogP contribution in [0.25, 0.3) is 11.4 Å². The molecule has 0 radical (unpaired) electrons. The number of benzene rings is 1. The number of sulfone groups is 1. The predicted molar refractivity (Wildman–Crippen MR) is 83.0 cm³/mol. The topological polar surface area (TPSA) is 76.3 Å². The molecule has 1 atom stereocenters. The van der Waals surface area contributed by atoms with Crippen LogP contribution >= 0.6 is 0 Å². The van der Waals surface area contributed by atoms with E-state index in [2.05, 4.69) is 10.1 Å². The lowest BCUT2D eigenvalue weighted by molar-refractivity contribution is 0.218. The van der Waals surface area contributed by atoms with E-state index in [9.17, 15) is 8.42 Å². The largest absolute Gasteiger partial charge is 0.338 e. The summed E-state index contributed by atoms with van der Waals surface area (Å²) < 4.78 is 28.4. The Kier molecular flexibility index (Phi) is 4.01. The zero-order chi connectivity index (χ0) is 15.7. The molecular formula is C15H19N3O3S. The molecule has 2 aromatic rings. The number of aromatic nitrogens is 2. The van der Waals surface area contributed by atoms with Crippen molar-refractivity contribution in [2.24, 2.45) is 0 Å². The van der Waals surface area contributed by atoms with E-state index >= 15 is 0 Å². The van der Waals surface area contributed by atoms with Crippen LogP contribution in [0, 0.1) is 6.92 Å². The molecule has 22 heavy (non-hydrogen) atoms. The minimum Gasteiger partial charge on any atom is -0.338 e. The van der Waals surface area contributed by atoms with Crippen molar-refractivity contribution in [2.45, 2.75) is 25.9 Å². The van der Waals surface area contributed by atoms with Crippen molar-refractivity contribution in [1.29, 1.82) is 0 Å². The van der Waals surface area contributed by atoms with Crippen molar-refractivity contribution in [1.82, 2.24) is 15.0 Å². The van der Waals surface area contributed by atoms with Gasteiger partial charge < -0.3 is 4.52 Å². The predicted octanol–water partition coefficient (Wildman–Crippen LogP) is 1.66. The summed E-state index contributed by atoms with van der Waals surface area (Å²) in [5.74, 6) is 1.54. The molecule has 0 bridgehead atoms. The Hall–Kier alpha value is -1.73. The van der Waals surface area contributed by atoms with Crippen molar-refractivity contribution < 1.29 is 12.9 Å². The normalized spacial score (nSPS) is 20.6. The van der Waals surface area contributed by atoms with Gasteiger partial charge in [0.05, 0.1) is 18.1 Å². The van der Waals surface area contributed by atoms with Gasteiger partial charge in [0.1, 0.15) is 0 Å². The quantitative estimate of drug-likeness (QED) is 0.852. The van der Waals surface area contributed by atoms with E-state index < -0.39 is 9.84 Å². The molecular weight excluding hydrogens is 302 g/mol. The molecule has 6 nitrogen and oxygen atoms in total. The molecule has 0 N–H and O–H groups in total. The maximum absolute atomic E-state index is 11.5. The number of rotatable bonds is 4. The Morgan fingerprint density at radius 2 is 2.05 bits per heavy atom. The van der Waals surface area contributed by atoms with Gasteiger partial charge in [0.15, 0.2) is 9.84 Å². The molecule has 118 valence electrons. The monoisotopic (exact) mass is 321 g/mol. The van der Waals surface area contributed by atoms with Gasteiger partial charge in [-0.1, -0.05) is 35.0 Å². The van der Waals surface area contributed by atoms with Gasteiger partial charge in [0.25, 0.3) is 0 Å². The van der Waals surface area contributed by atoms with Crippen LogP contribution in [-0.4, -0.2) is 48.1 Å². The van der Waals surface area contributed by atoms with E-state index in [0.29, 0.717) is 24.7 Å². The van der Waals surface area contributed by atoms with Crippen LogP contribution < -0.4 is 0 Å². The third-order valence-electron chi connectivity index (χ3n) is 3.99. The fraction of sp³-hybridized carbons (Fsp3) is 0.467. The molecule has 1 aliphatic rings. The smallest absolute Gasteiger partial charge is 0.241 e. The summed E-state index contributed by atoms with van der Waals surface area (Å²) in [6, 6.07) is 7.94. The molecule has 2 heterocycles. The van der Waals surface area contributed by atoms with Crippen LogP contribution in [0.5, 0.6) is 0 Å². The zero-order valence-corrected chi connectivity index (χ0v) is 13.5. The minimum absolute atomic E-state index is 0.0275. The number of hydrogen-bond acceptors (Lipinski definition) is 6. The van der Waals surface area contributed by atoms with Gasteiger partial charge in [-0.25, -0.2) is 8.42 Å². The average Bonchev–Trinajstić information content (AvgIpc) is 3.06. The van der Waals surface area contributed by atoms with Gasteiger partial charge in [0.2, 0.25) is 11.7 Å². The fourth-order valence-electron chi connectivity index (χ4n) is 2.60. The Morgan fingerprint density at radius 1 is 1.32 bits per heavy atom. The van der Waals surface area contributed by atoms with Crippen LogP contribution in [0.2, 0.25) is 0 Å². The first-order valence-corrected chi connectivity index (χ1v) is 9.05. The Bertz CT molecular complexity index is 753. The maximum Gasteiger partial charge on any atom is 0.241 e. The van der Waals surface area contributed by atoms with Crippen LogP contribution in [0.3, 0.4) is 0 Å². The van der Waals surface area contributed by atoms with Gasteiger partial charge in [-0.2, -0.15) is 4.98 Å². The molecule has 1 aliphatic heterocycles. The van der Waals surface area contributed by atoms with Crippen LogP contribution in [0.1, 0.15) is 17.9 Å². The van der Waals surface area contributed by atoms with Crippen molar-refractivity contribution in [3.05, 3.63) is 35.7 Å². The zero-order valence-electron chi connectivity index (χ0n) is 12.7. The third-order valence-corrected chi connectivity index (χ3v) is 5.74. The Morgan fingerprint density at radius 3 is 2.68 bits per heavy atom. The first kappa shape index (κ1) is 15.2. The maximum atomic E-state index is 11.5. The molecule has 0 aliphatic carbocycles. The fourth-order valence-corrected chi connectivity index (χ4v) is 4.41. The van der Waals surface area contributed by atoms with E-state index in [4.69, 9.17) is 4.52 Å². The SMILES string of the molecule is Cc1ccc(-c2noc(CN(C)[C@H]3CCS(=O)(=O)C3)n2)cc1. The van der Waals surface area contributed by atoms with Gasteiger partial charge in [-0.05, 0) is 20.4 Å². The van der Waals surface area contributed by atoms with E-state index in [0.717, 1.165) is 5.56 Å². The third kappa shape index (κ3) is 3.36. The molecule has 1 fully saturated rings. The number of aryl methyl sites for hydroxylation is 1. The second-order valence-corrected chi connectivity index (χ2v) is 8.08. The summed E-state index contributed by atoms with van der Waals surface area (Å²) in [7, 11) is -0.993. The lowest BCUT2D eigenvalue weighted by atomic mass is 10.1. The number of nitrogens with zero attached hydrogens (tertiary/aromatic N) is 3. The van der Waals surface area contributed by atoms with Crippen LogP contribution in [0.4, 0.5) is 0 Å². The second kappa shape index (κ2) is 5.81. The molecule has 1 aromatic heterocycles. The highest BCUT2D eigenvalue weighted by atomic mass is 32.2. The lowest BCUT2D eigenvalue weighted by Crippen LogP contribution is -2.32. The minimum atomic E-state index is -2.88. The second-order valence-electron chi connectivity index (χ2n) is 5.85. The number of hydrogen-bond donors (Lipinski definition) is 0. The van der Waals surface area contributed by atoms with Gasteiger partial charge in [-0.15, -0.1) is 0 Å². The average molecular weight is 321 g/mol. The van der Waals surface area contributed by atoms with E-state index in [1.165, 1.54) is 5.56 Å². The van der Waals surface area contributed by atoms with Crippen LogP contribution in [0.15, 0.2) is 28.8 Å². The van der Waals surface area contributed by atoms with Crippen molar-refractivity contribution in [3.63, 3.8) is 0 Å². The van der Waals surface area contributed by atoms with Gasteiger partial charge in [0, 0.05) is 11.6 Å². The highest BCUT2D eigenvalue weighted by Crippen LogP contribution is 2.20. The molecule has 3 rings (SSSR count). The van der Waals surface area contributed by atoms with E-state index in [-0.39, 0.29) is 17.5 Å². The van der Waals surface area contributed by atoms with Crippen LogP contribution in [-0.2, 0) is 16.4 Å². The standard InChI is InChI=1S/C15H19N3O3S/c1-11-3-5-12(6-4-11)15-16-14(21-17-15)9-18(2)13-7-8-22(19,20)10-13/h3-6,13H,7-10H2,1-2H3/t13-/m0/s1. The summed E-state index contributed by atoms with van der Waals surface area (Å²) in [6.07, 6.45) is 0.664. The van der Waals surface area contributed by atoms with E-state index in [1.54, 1.807) is 0 Å². The molecule has 0 amide bonds. The first-order chi connectivity index (χ1) is 10.4. The highest BCUT2D eigenvalue weighted by Gasteiger charge is 2.31. The first-order valence-electron chi connectivity index (χ1n) is 7.23. The summed E-state index contributed by atoms with van der Waals surface area (Å²) in [6.45, 7) is 2.48. The van der Waals surface area contributed by atoms with E-state index in [1.807, 2.05) is 43.1 Å². The molecule has 0 spiro atoms. The summed E-state index contributed by atoms with van der Waals surface area (Å²) >= 11 is 0. The molecule has 0 unspecified atom stereocenters. The molecule has 1 saturated heterocycles. The van der Waals surface area contributed by atoms with Gasteiger partial charge in [-0.3, -0.25) is 4.90 Å². The highest BCUT2D eigenvalue weighted by molar-refractivity contribution is 7.91. The van der Waals surface area contributed by atoms with Gasteiger partial charge >= 0.3 is 0 Å². The summed E-state index contributed by atoms with van der Waals surface area (Å²) in [5, 5.41) is 3.99. The molecule has 7 heteroatoms.